The highest BCUT2D eigenvalue weighted by atomic mass is 31.3. The van der Waals surface area contributed by atoms with Gasteiger partial charge in [-0.1, -0.05) is 78.9 Å². The number of imidazole rings is 1. The molecule has 17 nitrogen and oxygen atoms in total. The molecule has 1 unspecified atom stereocenters. The average molecular weight is 740 g/mol. The van der Waals surface area contributed by atoms with Crippen LogP contribution in [0.3, 0.4) is 0 Å². The summed E-state index contributed by atoms with van der Waals surface area (Å²) in [6.07, 6.45) is -3.18. The number of hydrogen-bond acceptors (Lipinski definition) is 13. The molecular formula is C32H31N5O12P2. The molecule has 3 heterocycles. The molecule has 3 N–H and O–H groups in total. The van der Waals surface area contributed by atoms with Crippen molar-refractivity contribution >= 4 is 44.6 Å². The third kappa shape index (κ3) is 9.10. The van der Waals surface area contributed by atoms with Crippen LogP contribution in [0.15, 0.2) is 102 Å². The van der Waals surface area contributed by atoms with Crippen LogP contribution in [0.2, 0.25) is 0 Å². The molecule has 2 aromatic heterocycles. The zero-order valence-corrected chi connectivity index (χ0v) is 28.6. The monoisotopic (exact) mass is 739 g/mol. The number of aromatic nitrogens is 4. The second-order valence-corrected chi connectivity index (χ2v) is 14.3. The average Bonchev–Trinajstić information content (AvgIpc) is 3.70. The minimum Gasteiger partial charge on any atom is -0.451 e. The van der Waals surface area contributed by atoms with E-state index in [0.717, 1.165) is 0 Å². The maximum atomic E-state index is 13.9. The number of carbonyl (C=O) groups excluding carboxylic acids is 2. The third-order valence-electron chi connectivity index (χ3n) is 7.27. The van der Waals surface area contributed by atoms with Crippen LogP contribution >= 0.6 is 15.6 Å². The summed E-state index contributed by atoms with van der Waals surface area (Å²) < 4.78 is 61.8. The third-order valence-corrected chi connectivity index (χ3v) is 10.3. The van der Waals surface area contributed by atoms with Gasteiger partial charge in [0, 0.05) is 6.92 Å². The van der Waals surface area contributed by atoms with E-state index in [9.17, 15) is 28.4 Å². The second kappa shape index (κ2) is 15.6. The summed E-state index contributed by atoms with van der Waals surface area (Å²) in [5.74, 6) is -1.56. The van der Waals surface area contributed by atoms with E-state index in [2.05, 4.69) is 20.3 Å². The van der Waals surface area contributed by atoms with Crippen molar-refractivity contribution < 1.29 is 51.0 Å². The molecule has 0 spiro atoms. The van der Waals surface area contributed by atoms with Crippen LogP contribution in [-0.2, 0) is 54.5 Å². The number of nitrogens with one attached hydrogen (secondary N) is 2. The molecule has 1 amide bonds. The number of phosphoric acid groups is 2. The van der Waals surface area contributed by atoms with Crippen molar-refractivity contribution in [3.8, 4) is 0 Å². The number of fused-ring (bicyclic) bond motifs is 1. The Kier molecular flexibility index (Phi) is 11.0. The number of carbonyl (C=O) groups is 2. The lowest BCUT2D eigenvalue weighted by Gasteiger charge is -2.26. The van der Waals surface area contributed by atoms with E-state index in [1.54, 1.807) is 78.9 Å². The van der Waals surface area contributed by atoms with Gasteiger partial charge in [0.25, 0.3) is 5.56 Å². The Morgan fingerprint density at radius 2 is 1.55 bits per heavy atom. The number of phosphoric ester groups is 2. The molecule has 0 radical (unpaired) electrons. The fourth-order valence-corrected chi connectivity index (χ4v) is 7.74. The predicted octanol–water partition coefficient (Wildman–Crippen LogP) is 4.88. The predicted molar refractivity (Wildman–Crippen MR) is 179 cm³/mol. The molecule has 19 heteroatoms. The Morgan fingerprint density at radius 3 is 2.14 bits per heavy atom. The Labute approximate surface area is 289 Å². The van der Waals surface area contributed by atoms with Gasteiger partial charge in [-0.15, -0.1) is 0 Å². The lowest BCUT2D eigenvalue weighted by atomic mass is 10.2. The van der Waals surface area contributed by atoms with Gasteiger partial charge in [-0.3, -0.25) is 38.0 Å². The number of rotatable bonds is 14. The first kappa shape index (κ1) is 36.0. The van der Waals surface area contributed by atoms with E-state index in [1.165, 1.54) is 30.0 Å². The fraction of sp³-hybridized carbons (Fsp3) is 0.219. The van der Waals surface area contributed by atoms with Crippen LogP contribution in [0.1, 0.15) is 34.6 Å². The van der Waals surface area contributed by atoms with Crippen LogP contribution < -0.4 is 10.9 Å². The number of ether oxygens (including phenoxy) is 2. The Balaban J connectivity index is 1.28. The van der Waals surface area contributed by atoms with E-state index >= 15 is 0 Å². The summed E-state index contributed by atoms with van der Waals surface area (Å²) in [5, 5.41) is 2.38. The molecule has 51 heavy (non-hydrogen) atoms. The van der Waals surface area contributed by atoms with Gasteiger partial charge >= 0.3 is 21.6 Å². The van der Waals surface area contributed by atoms with Crippen molar-refractivity contribution in [2.75, 3.05) is 11.9 Å². The minimum atomic E-state index is -5.37. The summed E-state index contributed by atoms with van der Waals surface area (Å²) in [6, 6.07) is 25.0. The normalized spacial score (nSPS) is 18.7. The standard InChI is InChI=1S/C32H31N5O12P2/c1-21(38)34-32-35-28-26(29(39)36-32)33-20-37(28)30-27(47-31(40)24-15-9-4-10-16-24)25(19-44-30)48-50(41,42)49-51(43,45-17-22-11-5-2-6-12-22)46-18-23-13-7-3-8-14-23/h2-16,20,25,27,30H,17-19H2,1H3,(H,41,42)(H2,34,35,36,38,39)/t25-,27+,30+/m0/s1. The quantitative estimate of drug-likeness (QED) is 0.102. The lowest BCUT2D eigenvalue weighted by Crippen LogP contribution is -2.35. The highest BCUT2D eigenvalue weighted by molar-refractivity contribution is 7.61. The lowest BCUT2D eigenvalue weighted by molar-refractivity contribution is -0.114. The van der Waals surface area contributed by atoms with E-state index in [0.29, 0.717) is 11.1 Å². The van der Waals surface area contributed by atoms with Gasteiger partial charge in [-0.05, 0) is 23.3 Å². The molecule has 1 saturated heterocycles. The van der Waals surface area contributed by atoms with E-state index < -0.39 is 58.1 Å². The first-order valence-electron chi connectivity index (χ1n) is 15.3. The van der Waals surface area contributed by atoms with Crippen LogP contribution in [0.5, 0.6) is 0 Å². The number of nitrogens with zero attached hydrogens (tertiary/aromatic N) is 3. The Morgan fingerprint density at radius 1 is 0.961 bits per heavy atom. The minimum absolute atomic E-state index is 0.0783. The van der Waals surface area contributed by atoms with Gasteiger partial charge in [0.1, 0.15) is 6.10 Å². The van der Waals surface area contributed by atoms with Crippen LogP contribution in [-0.4, -0.2) is 55.1 Å². The molecule has 1 aliphatic heterocycles. The smallest absolute Gasteiger partial charge is 0.451 e. The SMILES string of the molecule is CC(=O)Nc1nc2c(ncn2[C@@H]2OC[C@H](OP(=O)(O)OP(=O)(OCc3ccccc3)OCc3ccccc3)[C@H]2OC(=O)c2ccccc2)c(=O)[nH]1. The van der Waals surface area contributed by atoms with Crippen molar-refractivity contribution in [1.29, 1.82) is 0 Å². The van der Waals surface area contributed by atoms with E-state index in [1.807, 2.05) is 0 Å². The number of anilines is 1. The van der Waals surface area contributed by atoms with Crippen molar-refractivity contribution in [1.82, 2.24) is 19.5 Å². The van der Waals surface area contributed by atoms with Crippen LogP contribution in [0, 0.1) is 0 Å². The van der Waals surface area contributed by atoms with Crippen molar-refractivity contribution in [3.63, 3.8) is 0 Å². The van der Waals surface area contributed by atoms with E-state index in [4.69, 9.17) is 27.4 Å². The van der Waals surface area contributed by atoms with Gasteiger partial charge in [0.2, 0.25) is 11.9 Å². The van der Waals surface area contributed by atoms with Crippen LogP contribution in [0.4, 0.5) is 5.95 Å². The molecule has 1 aliphatic rings. The molecule has 4 atom stereocenters. The largest absolute Gasteiger partial charge is 0.484 e. The number of hydrogen-bond donors (Lipinski definition) is 3. The van der Waals surface area contributed by atoms with Crippen molar-refractivity contribution in [2.24, 2.45) is 0 Å². The summed E-state index contributed by atoms with van der Waals surface area (Å²) in [5.41, 5.74) is 0.358. The van der Waals surface area contributed by atoms with Gasteiger partial charge in [0.05, 0.1) is 31.7 Å². The second-order valence-electron chi connectivity index (χ2n) is 11.0. The molecule has 0 saturated carbocycles. The van der Waals surface area contributed by atoms with Gasteiger partial charge in [-0.2, -0.15) is 9.29 Å². The summed E-state index contributed by atoms with van der Waals surface area (Å²) >= 11 is 0. The maximum absolute atomic E-state index is 13.9. The summed E-state index contributed by atoms with van der Waals surface area (Å²) in [7, 11) is -10.2. The topological polar surface area (TPSA) is 219 Å². The number of aromatic amines is 1. The number of H-pyrrole nitrogens is 1. The highest BCUT2D eigenvalue weighted by Gasteiger charge is 2.49. The zero-order valence-electron chi connectivity index (χ0n) is 26.8. The van der Waals surface area contributed by atoms with Gasteiger partial charge in [-0.25, -0.2) is 18.9 Å². The molecule has 0 bridgehead atoms. The van der Waals surface area contributed by atoms with Crippen molar-refractivity contribution in [2.45, 2.75) is 38.6 Å². The molecule has 6 rings (SSSR count). The zero-order chi connectivity index (χ0) is 36.0. The van der Waals surface area contributed by atoms with Crippen LogP contribution in [0.25, 0.3) is 11.2 Å². The number of esters is 1. The van der Waals surface area contributed by atoms with Gasteiger partial charge < -0.3 is 14.4 Å². The molecular weight excluding hydrogens is 708 g/mol. The van der Waals surface area contributed by atoms with E-state index in [-0.39, 0.29) is 35.9 Å². The fourth-order valence-electron chi connectivity index (χ4n) is 4.99. The summed E-state index contributed by atoms with van der Waals surface area (Å²) in [6.45, 7) is 0.140. The number of amides is 1. The molecule has 266 valence electrons. The first-order valence-corrected chi connectivity index (χ1v) is 18.3. The Bertz CT molecular complexity index is 2100. The highest BCUT2D eigenvalue weighted by Crippen LogP contribution is 2.65. The Hall–Kier alpha value is -4.83. The van der Waals surface area contributed by atoms with Crippen molar-refractivity contribution in [3.05, 3.63) is 124 Å². The molecule has 1 fully saturated rings. The van der Waals surface area contributed by atoms with Gasteiger partial charge in [0.15, 0.2) is 23.5 Å². The first-order chi connectivity index (χ1) is 24.5. The molecule has 5 aromatic rings. The molecule has 3 aromatic carbocycles. The summed E-state index contributed by atoms with van der Waals surface area (Å²) in [4.78, 5) is 59.3. The number of benzene rings is 3. The molecule has 0 aliphatic carbocycles. The maximum Gasteiger partial charge on any atom is 0.484 e.